The molecule has 0 bridgehead atoms. The molecule has 0 fully saturated rings. The lowest BCUT2D eigenvalue weighted by Crippen LogP contribution is -2.01. The Balaban J connectivity index is 0.000000409. The predicted molar refractivity (Wildman–Crippen MR) is 169 cm³/mol. The van der Waals surface area contributed by atoms with Crippen LogP contribution in [0, 0.1) is 6.92 Å². The fourth-order valence-corrected chi connectivity index (χ4v) is 4.15. The van der Waals surface area contributed by atoms with E-state index in [1.165, 1.54) is 57.4 Å². The highest BCUT2D eigenvalue weighted by Crippen LogP contribution is 2.34. The Bertz CT molecular complexity index is 1160. The number of aromatic amines is 1. The number of aromatic nitrogens is 1. The van der Waals surface area contributed by atoms with Crippen LogP contribution in [-0.4, -0.2) is 10.7 Å². The molecule has 1 heterocycles. The quantitative estimate of drug-likeness (QED) is 0.226. The van der Waals surface area contributed by atoms with Gasteiger partial charge in [-0.2, -0.15) is 0 Å². The van der Waals surface area contributed by atoms with Gasteiger partial charge in [0.1, 0.15) is 0 Å². The molecule has 1 unspecified atom stereocenters. The second kappa shape index (κ2) is 17.0. The molecule has 1 atom stereocenters. The molecule has 1 N–H and O–H groups in total. The van der Waals surface area contributed by atoms with Crippen molar-refractivity contribution in [2.24, 2.45) is 4.99 Å². The lowest BCUT2D eigenvalue weighted by molar-refractivity contribution is 0.775. The van der Waals surface area contributed by atoms with Gasteiger partial charge in [-0.05, 0) is 89.6 Å². The maximum Gasteiger partial charge on any atom is 0.0460 e. The lowest BCUT2D eigenvalue weighted by Gasteiger charge is -2.14. The van der Waals surface area contributed by atoms with Gasteiger partial charge in [0, 0.05) is 38.9 Å². The predicted octanol–water partition coefficient (Wildman–Crippen LogP) is 11.4. The highest BCUT2D eigenvalue weighted by atomic mass is 35.5. The zero-order chi connectivity index (χ0) is 28.0. The molecule has 1 aromatic heterocycles. The normalized spacial score (nSPS) is 12.4. The Hall–Kier alpha value is -2.58. The van der Waals surface area contributed by atoms with Crippen LogP contribution >= 0.6 is 11.6 Å². The molecular formula is C34H49ClN2. The third kappa shape index (κ3) is 11.6. The number of nitrogens with zero attached hydrogens (tertiary/aromatic N) is 1. The first-order chi connectivity index (χ1) is 17.5. The minimum Gasteiger partial charge on any atom is -0.358 e. The van der Waals surface area contributed by atoms with E-state index in [2.05, 4.69) is 101 Å². The maximum absolute atomic E-state index is 6.23. The number of hydrogen-bond donors (Lipinski definition) is 1. The number of fused-ring (bicyclic) bond motifs is 1. The third-order valence-electron chi connectivity index (χ3n) is 6.07. The number of rotatable bonds is 8. The van der Waals surface area contributed by atoms with Gasteiger partial charge in [0.2, 0.25) is 0 Å². The summed E-state index contributed by atoms with van der Waals surface area (Å²) in [6.07, 6.45) is 7.77. The third-order valence-corrected chi connectivity index (χ3v) is 6.31. The van der Waals surface area contributed by atoms with Crippen molar-refractivity contribution in [3.63, 3.8) is 0 Å². The van der Waals surface area contributed by atoms with Crippen LogP contribution in [0.25, 0.3) is 10.9 Å². The van der Waals surface area contributed by atoms with Crippen molar-refractivity contribution in [3.8, 4) is 0 Å². The van der Waals surface area contributed by atoms with E-state index in [0.29, 0.717) is 5.92 Å². The van der Waals surface area contributed by atoms with Crippen molar-refractivity contribution < 1.29 is 0 Å². The first-order valence-electron chi connectivity index (χ1n) is 13.7. The summed E-state index contributed by atoms with van der Waals surface area (Å²) in [4.78, 5) is 8.02. The number of hydrogen-bond acceptors (Lipinski definition) is 1. The van der Waals surface area contributed by atoms with E-state index in [1.54, 1.807) is 0 Å². The minimum absolute atomic E-state index is 0.355. The highest BCUT2D eigenvalue weighted by molar-refractivity contribution is 6.31. The van der Waals surface area contributed by atoms with Crippen LogP contribution in [-0.2, 0) is 6.42 Å². The van der Waals surface area contributed by atoms with E-state index >= 15 is 0 Å². The summed E-state index contributed by atoms with van der Waals surface area (Å²) in [7, 11) is 0. The standard InChI is InChI=1S/C21H24ClN.C9H17N.C4H8/c1-4-5-6-18-19-13-17(22)11-12-20(19)23-21(18)15(3)16-9-7-14(2)8-10-16;1-5-7-9(4)10-8(3)6-2;1-4(2)3/h7-13,15,23H,4-6H2,1-3H3;7H,5-6H2,1-4H3;1H2,2-3H3/b;9-7+,10-8?;. The highest BCUT2D eigenvalue weighted by Gasteiger charge is 2.18. The van der Waals surface area contributed by atoms with Crippen LogP contribution in [0.4, 0.5) is 0 Å². The number of H-pyrrole nitrogens is 1. The number of nitrogens with one attached hydrogen (secondary N) is 1. The molecule has 0 aliphatic heterocycles. The maximum atomic E-state index is 6.23. The molecule has 0 amide bonds. The smallest absolute Gasteiger partial charge is 0.0460 e. The summed E-state index contributed by atoms with van der Waals surface area (Å²) >= 11 is 6.23. The summed E-state index contributed by atoms with van der Waals surface area (Å²) in [5, 5.41) is 2.09. The Morgan fingerprint density at radius 2 is 1.65 bits per heavy atom. The van der Waals surface area contributed by atoms with Gasteiger partial charge in [-0.25, -0.2) is 0 Å². The molecule has 0 radical (unpaired) electrons. The van der Waals surface area contributed by atoms with E-state index in [4.69, 9.17) is 11.6 Å². The van der Waals surface area contributed by atoms with Crippen molar-refractivity contribution in [1.29, 1.82) is 0 Å². The topological polar surface area (TPSA) is 28.1 Å². The van der Waals surface area contributed by atoms with Crippen LogP contribution in [0.3, 0.4) is 0 Å². The lowest BCUT2D eigenvalue weighted by atomic mass is 9.92. The first kappa shape index (κ1) is 32.4. The largest absolute Gasteiger partial charge is 0.358 e. The minimum atomic E-state index is 0.355. The fourth-order valence-electron chi connectivity index (χ4n) is 3.98. The molecule has 3 heteroatoms. The second-order valence-electron chi connectivity index (χ2n) is 10.1. The fraction of sp³-hybridized carbons (Fsp3) is 0.441. The Morgan fingerprint density at radius 3 is 2.19 bits per heavy atom. The van der Waals surface area contributed by atoms with E-state index < -0.39 is 0 Å². The molecule has 0 spiro atoms. The van der Waals surface area contributed by atoms with Gasteiger partial charge in [-0.1, -0.05) is 87.2 Å². The van der Waals surface area contributed by atoms with Gasteiger partial charge < -0.3 is 4.98 Å². The van der Waals surface area contributed by atoms with Crippen molar-refractivity contribution in [1.82, 2.24) is 4.98 Å². The first-order valence-corrected chi connectivity index (χ1v) is 14.1. The van der Waals surface area contributed by atoms with Crippen LogP contribution in [0.2, 0.25) is 5.02 Å². The van der Waals surface area contributed by atoms with Crippen molar-refractivity contribution >= 4 is 28.2 Å². The summed E-state index contributed by atoms with van der Waals surface area (Å²) in [6.45, 7) is 22.5. The molecule has 0 aliphatic rings. The number of unbranched alkanes of at least 4 members (excludes halogenated alkanes) is 1. The molecule has 0 saturated carbocycles. The molecule has 0 aliphatic carbocycles. The summed E-state index contributed by atoms with van der Waals surface area (Å²) < 4.78 is 0. The number of aryl methyl sites for hydroxylation is 2. The van der Waals surface area contributed by atoms with Crippen LogP contribution in [0.5, 0.6) is 0 Å². The zero-order valence-electron chi connectivity index (χ0n) is 24.8. The van der Waals surface area contributed by atoms with Crippen molar-refractivity contribution in [2.45, 2.75) is 100 Å². The van der Waals surface area contributed by atoms with Crippen molar-refractivity contribution in [3.05, 3.63) is 93.8 Å². The van der Waals surface area contributed by atoms with Crippen LogP contribution in [0.1, 0.15) is 109 Å². The zero-order valence-corrected chi connectivity index (χ0v) is 25.5. The Kier molecular flexibility index (Phi) is 14.9. The van der Waals surface area contributed by atoms with Gasteiger partial charge in [-0.15, -0.1) is 6.58 Å². The van der Waals surface area contributed by atoms with Crippen molar-refractivity contribution in [2.75, 3.05) is 0 Å². The number of halogens is 1. The molecule has 0 saturated heterocycles. The summed E-state index contributed by atoms with van der Waals surface area (Å²) in [5.74, 6) is 0.355. The van der Waals surface area contributed by atoms with E-state index in [0.717, 1.165) is 30.0 Å². The van der Waals surface area contributed by atoms with Gasteiger partial charge in [0.15, 0.2) is 0 Å². The molecule has 2 nitrogen and oxygen atoms in total. The molecule has 202 valence electrons. The van der Waals surface area contributed by atoms with Crippen LogP contribution < -0.4 is 0 Å². The van der Waals surface area contributed by atoms with Gasteiger partial charge in [0.25, 0.3) is 0 Å². The monoisotopic (exact) mass is 520 g/mol. The molecular weight excluding hydrogens is 472 g/mol. The number of aliphatic imine (C=N–C) groups is 1. The average molecular weight is 521 g/mol. The van der Waals surface area contributed by atoms with Gasteiger partial charge in [0.05, 0.1) is 0 Å². The SMILES string of the molecule is C=C(C)C.CC/C=C(\C)N=C(C)CC.CCCCc1c(C(C)c2ccc(C)cc2)[nH]c2ccc(Cl)cc12. The summed E-state index contributed by atoms with van der Waals surface area (Å²) in [6, 6.07) is 15.0. The Labute approximate surface area is 232 Å². The molecule has 37 heavy (non-hydrogen) atoms. The summed E-state index contributed by atoms with van der Waals surface area (Å²) in [5.41, 5.74) is 10.1. The molecule has 3 aromatic rings. The van der Waals surface area contributed by atoms with Gasteiger partial charge in [-0.3, -0.25) is 4.99 Å². The van der Waals surface area contributed by atoms with E-state index in [9.17, 15) is 0 Å². The molecule has 3 rings (SSSR count). The number of allylic oxidation sites excluding steroid dienone is 3. The van der Waals surface area contributed by atoms with E-state index in [1.807, 2.05) is 26.8 Å². The second-order valence-corrected chi connectivity index (χ2v) is 10.5. The van der Waals surface area contributed by atoms with Crippen LogP contribution in [0.15, 0.2) is 71.4 Å². The molecule has 2 aromatic carbocycles. The average Bonchev–Trinajstić information content (AvgIpc) is 3.20. The van der Waals surface area contributed by atoms with Gasteiger partial charge >= 0.3 is 0 Å². The Morgan fingerprint density at radius 1 is 1.03 bits per heavy atom. The number of benzene rings is 2. The van der Waals surface area contributed by atoms with E-state index in [-0.39, 0.29) is 0 Å².